The normalized spacial score (nSPS) is 24.4. The van der Waals surface area contributed by atoms with Gasteiger partial charge in [0.05, 0.1) is 50.0 Å². The van der Waals surface area contributed by atoms with Gasteiger partial charge in [-0.2, -0.15) is 0 Å². The number of nitrogens with zero attached hydrogens (tertiary/aromatic N) is 8. The summed E-state index contributed by atoms with van der Waals surface area (Å²) in [6.45, 7) is 29.8. The average Bonchev–Trinajstić information content (AvgIpc) is 3.83. The Bertz CT molecular complexity index is 1640. The van der Waals surface area contributed by atoms with E-state index in [4.69, 9.17) is 24.1 Å². The van der Waals surface area contributed by atoms with E-state index in [1.807, 2.05) is 4.90 Å². The van der Waals surface area contributed by atoms with Crippen LogP contribution < -0.4 is 0 Å². The number of hydrogen-bond donors (Lipinski definition) is 2. The van der Waals surface area contributed by atoms with Crippen LogP contribution in [0.3, 0.4) is 0 Å². The van der Waals surface area contributed by atoms with E-state index in [1.54, 1.807) is 18.7 Å². The molecule has 6 aliphatic heterocycles. The Hall–Kier alpha value is -3.82. The van der Waals surface area contributed by atoms with E-state index >= 15 is 0 Å². The molecule has 0 aromatic heterocycles. The Morgan fingerprint density at radius 3 is 1.35 bits per heavy atom. The Kier molecular flexibility index (Phi) is 21.4. The van der Waals surface area contributed by atoms with Crippen molar-refractivity contribution in [3.63, 3.8) is 0 Å². The lowest BCUT2D eigenvalue weighted by atomic mass is 9.75. The Morgan fingerprint density at radius 1 is 0.574 bits per heavy atom. The van der Waals surface area contributed by atoms with Gasteiger partial charge in [-0.05, 0) is 119 Å². The number of piperazine rings is 2. The largest absolute Gasteiger partial charge is 0.481 e. The number of carbonyl (C=O) groups excluding carboxylic acids is 4. The fourth-order valence-electron chi connectivity index (χ4n) is 10.6. The first-order chi connectivity index (χ1) is 32.4. The van der Waals surface area contributed by atoms with Gasteiger partial charge in [-0.3, -0.25) is 38.8 Å². The van der Waals surface area contributed by atoms with E-state index < -0.39 is 22.8 Å². The van der Waals surface area contributed by atoms with Gasteiger partial charge in [0, 0.05) is 90.6 Å². The van der Waals surface area contributed by atoms with Crippen molar-refractivity contribution in [2.75, 3.05) is 144 Å². The van der Waals surface area contributed by atoms with Crippen molar-refractivity contribution in [2.24, 2.45) is 10.8 Å². The van der Waals surface area contributed by atoms with Crippen LogP contribution in [-0.2, 0) is 38.1 Å². The third-order valence-electron chi connectivity index (χ3n) is 15.0. The van der Waals surface area contributed by atoms with Gasteiger partial charge in [-0.25, -0.2) is 9.59 Å². The number of carbonyl (C=O) groups is 6. The van der Waals surface area contributed by atoms with Crippen molar-refractivity contribution >= 4 is 36.1 Å². The quantitative estimate of drug-likeness (QED) is 0.118. The molecular formula is C48H84N8O12. The highest BCUT2D eigenvalue weighted by atomic mass is 16.6. The van der Waals surface area contributed by atoms with Crippen LogP contribution in [0.2, 0.25) is 0 Å². The molecule has 388 valence electrons. The number of likely N-dealkylation sites (tertiary alicyclic amines) is 2. The van der Waals surface area contributed by atoms with E-state index in [9.17, 15) is 33.9 Å². The zero-order valence-electron chi connectivity index (χ0n) is 42.1. The zero-order chi connectivity index (χ0) is 49.4. The minimum absolute atomic E-state index is 0.0478. The molecule has 2 atom stereocenters. The van der Waals surface area contributed by atoms with E-state index in [2.05, 4.69) is 57.1 Å². The van der Waals surface area contributed by atoms with Crippen LogP contribution in [0.4, 0.5) is 9.59 Å². The van der Waals surface area contributed by atoms with Crippen LogP contribution in [0, 0.1) is 10.8 Å². The third kappa shape index (κ3) is 16.1. The Balaban J connectivity index is 0.000000256. The molecule has 68 heavy (non-hydrogen) atoms. The van der Waals surface area contributed by atoms with Gasteiger partial charge in [0.2, 0.25) is 0 Å². The molecule has 6 saturated heterocycles. The number of esters is 2. The fraction of sp³-hybridized carbons (Fsp3) is 0.875. The molecule has 0 aromatic rings. The van der Waals surface area contributed by atoms with Gasteiger partial charge in [0.1, 0.15) is 12.2 Å². The number of cyclic esters (lactones) is 2. The molecule has 6 aliphatic rings. The van der Waals surface area contributed by atoms with Crippen molar-refractivity contribution in [1.82, 2.24) is 39.2 Å². The van der Waals surface area contributed by atoms with Gasteiger partial charge in [-0.1, -0.05) is 0 Å². The lowest BCUT2D eigenvalue weighted by Gasteiger charge is -2.39. The lowest BCUT2D eigenvalue weighted by molar-refractivity contribution is -0.165. The lowest BCUT2D eigenvalue weighted by Crippen LogP contribution is -2.49. The summed E-state index contributed by atoms with van der Waals surface area (Å²) >= 11 is 0. The van der Waals surface area contributed by atoms with Crippen molar-refractivity contribution in [1.29, 1.82) is 0 Å². The maximum atomic E-state index is 12.7. The molecule has 0 spiro atoms. The highest BCUT2D eigenvalue weighted by Gasteiger charge is 2.46. The van der Waals surface area contributed by atoms with Crippen molar-refractivity contribution in [3.05, 3.63) is 0 Å². The van der Waals surface area contributed by atoms with Crippen LogP contribution in [0.5, 0.6) is 0 Å². The number of hydrogen-bond acceptors (Lipinski definition) is 16. The minimum Gasteiger partial charge on any atom is -0.481 e. The second kappa shape index (κ2) is 26.4. The van der Waals surface area contributed by atoms with Gasteiger partial charge in [0.15, 0.2) is 0 Å². The van der Waals surface area contributed by atoms with Crippen LogP contribution in [0.25, 0.3) is 0 Å². The number of aliphatic carboxylic acids is 2. The van der Waals surface area contributed by atoms with Crippen molar-refractivity contribution in [2.45, 2.75) is 117 Å². The van der Waals surface area contributed by atoms with Crippen molar-refractivity contribution in [3.8, 4) is 0 Å². The summed E-state index contributed by atoms with van der Waals surface area (Å²) in [7, 11) is 0. The molecule has 2 unspecified atom stereocenters. The average molecular weight is 965 g/mol. The summed E-state index contributed by atoms with van der Waals surface area (Å²) < 4.78 is 21.6. The molecule has 0 aromatic carbocycles. The van der Waals surface area contributed by atoms with Crippen LogP contribution in [0.15, 0.2) is 0 Å². The number of carboxylic acid groups (broad SMARTS) is 2. The van der Waals surface area contributed by atoms with Gasteiger partial charge in [-0.15, -0.1) is 0 Å². The maximum absolute atomic E-state index is 12.7. The predicted octanol–water partition coefficient (Wildman–Crippen LogP) is 2.69. The van der Waals surface area contributed by atoms with Crippen LogP contribution in [0.1, 0.15) is 92.9 Å². The molecule has 6 heterocycles. The zero-order valence-corrected chi connectivity index (χ0v) is 42.1. The van der Waals surface area contributed by atoms with Gasteiger partial charge < -0.3 is 48.8 Å². The SMILES string of the molecule is CC(C)N1CCN(CCCN2CC(CN3CCC(CC(=O)O)(C(=O)O)CC3)OC2=O)CC1.CCOC(=O)CC1(C(=O)OCC)CCN(CC2CN(CCCN3CCN(C(C)C)CC3)C(=O)O2)CC1. The number of rotatable bonds is 22. The molecular weight excluding hydrogens is 881 g/mol. The second-order valence-corrected chi connectivity index (χ2v) is 20.3. The number of ether oxygens (including phenoxy) is 4. The van der Waals surface area contributed by atoms with Crippen molar-refractivity contribution < 1.29 is 57.9 Å². The molecule has 0 radical (unpaired) electrons. The van der Waals surface area contributed by atoms with E-state index in [0.717, 1.165) is 78.3 Å². The highest BCUT2D eigenvalue weighted by Crippen LogP contribution is 2.38. The smallest absolute Gasteiger partial charge is 0.410 e. The molecule has 2 N–H and O–H groups in total. The number of amides is 2. The Labute approximate surface area is 404 Å². The molecule has 6 fully saturated rings. The summed E-state index contributed by atoms with van der Waals surface area (Å²) in [5.41, 5.74) is -2.03. The molecule has 20 nitrogen and oxygen atoms in total. The van der Waals surface area contributed by atoms with Gasteiger partial charge in [0.25, 0.3) is 0 Å². The van der Waals surface area contributed by atoms with E-state index in [1.165, 1.54) is 0 Å². The molecule has 0 saturated carbocycles. The topological polar surface area (TPSA) is 206 Å². The van der Waals surface area contributed by atoms with Crippen LogP contribution >= 0.6 is 0 Å². The first kappa shape index (κ1) is 55.1. The maximum Gasteiger partial charge on any atom is 0.410 e. The number of carboxylic acids is 2. The fourth-order valence-corrected chi connectivity index (χ4v) is 10.6. The highest BCUT2D eigenvalue weighted by molar-refractivity contribution is 5.84. The minimum atomic E-state index is -1.19. The molecule has 20 heteroatoms. The first-order valence-electron chi connectivity index (χ1n) is 25.5. The molecule has 2 amide bonds. The predicted molar refractivity (Wildman–Crippen MR) is 253 cm³/mol. The van der Waals surface area contributed by atoms with E-state index in [0.29, 0.717) is 110 Å². The molecule has 0 bridgehead atoms. The summed E-state index contributed by atoms with van der Waals surface area (Å²) in [6, 6.07) is 1.19. The molecule has 6 rings (SSSR count). The summed E-state index contributed by atoms with van der Waals surface area (Å²) in [5.74, 6) is -2.80. The Morgan fingerprint density at radius 2 is 0.985 bits per heavy atom. The number of piperidine rings is 2. The standard InChI is InChI=1S/C26H46N4O6.C22H38N4O6/c1-5-34-23(31)18-26(24(32)35-6-2)8-12-28(13-9-26)19-22-20-30(25(33)36-22)11-7-10-27-14-16-29(17-15-27)21(3)4;1-17(2)25-12-10-23(11-13-25)6-3-7-26-16-18(32-21(26)31)15-24-8-4-22(5-9-24,20(29)30)14-19(27)28/h21-22H,5-20H2,1-4H3;17-18H,3-16H2,1-2H3,(H,27,28)(H,29,30). The summed E-state index contributed by atoms with van der Waals surface area (Å²) in [4.78, 5) is 90.2. The summed E-state index contributed by atoms with van der Waals surface area (Å²) in [6.07, 6.45) is 2.30. The monoisotopic (exact) mass is 965 g/mol. The van der Waals surface area contributed by atoms with E-state index in [-0.39, 0.29) is 55.8 Å². The van der Waals surface area contributed by atoms with Gasteiger partial charge >= 0.3 is 36.1 Å². The molecule has 0 aliphatic carbocycles. The summed E-state index contributed by atoms with van der Waals surface area (Å²) in [5, 5.41) is 18.6. The first-order valence-corrected chi connectivity index (χ1v) is 25.5. The third-order valence-corrected chi connectivity index (χ3v) is 15.0. The second-order valence-electron chi connectivity index (χ2n) is 20.3. The van der Waals surface area contributed by atoms with Crippen LogP contribution in [-0.4, -0.2) is 254 Å².